The van der Waals surface area contributed by atoms with Crippen molar-refractivity contribution in [2.45, 2.75) is 23.9 Å². The topological polar surface area (TPSA) is 100 Å². The van der Waals surface area contributed by atoms with Gasteiger partial charge < -0.3 is 9.84 Å². The van der Waals surface area contributed by atoms with Crippen molar-refractivity contribution in [3.63, 3.8) is 0 Å². The van der Waals surface area contributed by atoms with Gasteiger partial charge in [0.15, 0.2) is 5.82 Å². The van der Waals surface area contributed by atoms with E-state index in [1.54, 1.807) is 6.92 Å². The summed E-state index contributed by atoms with van der Waals surface area (Å²) in [4.78, 5) is 5.98. The van der Waals surface area contributed by atoms with Gasteiger partial charge in [-0.05, 0) is 26.1 Å². The van der Waals surface area contributed by atoms with E-state index in [1.165, 1.54) is 18.2 Å². The number of nitrogens with zero attached hydrogens (tertiary/aromatic N) is 3. The van der Waals surface area contributed by atoms with Crippen molar-refractivity contribution in [2.75, 3.05) is 26.7 Å². The highest BCUT2D eigenvalue weighted by atomic mass is 32.2. The molecule has 25 heavy (non-hydrogen) atoms. The molecule has 3 rings (SSSR count). The average molecular weight is 369 g/mol. The van der Waals surface area contributed by atoms with Crippen LogP contribution in [0.15, 0.2) is 33.7 Å². The normalized spacial score (nSPS) is 20.5. The number of rotatable bonds is 5. The number of nitrogens with one attached hydrogen (secondary N) is 2. The number of sulfonamides is 1. The highest BCUT2D eigenvalue weighted by molar-refractivity contribution is 7.89. The molecule has 8 nitrogen and oxygen atoms in total. The fourth-order valence-electron chi connectivity index (χ4n) is 2.66. The van der Waals surface area contributed by atoms with Gasteiger partial charge in [-0.15, -0.1) is 0 Å². The molecule has 1 fully saturated rings. The molecule has 2 N–H and O–H groups in total. The fourth-order valence-corrected chi connectivity index (χ4v) is 3.94. The molecule has 10 heteroatoms. The van der Waals surface area contributed by atoms with E-state index in [1.807, 2.05) is 7.05 Å². The van der Waals surface area contributed by atoms with Gasteiger partial charge in [-0.2, -0.15) is 9.71 Å². The molecule has 1 aromatic carbocycles. The Morgan fingerprint density at radius 1 is 1.44 bits per heavy atom. The van der Waals surface area contributed by atoms with Gasteiger partial charge in [0, 0.05) is 19.6 Å². The van der Waals surface area contributed by atoms with Crippen molar-refractivity contribution >= 4 is 10.0 Å². The van der Waals surface area contributed by atoms with Crippen molar-refractivity contribution < 1.29 is 17.3 Å². The highest BCUT2D eigenvalue weighted by Gasteiger charge is 2.28. The van der Waals surface area contributed by atoms with Crippen LogP contribution in [-0.4, -0.2) is 50.1 Å². The predicted molar refractivity (Wildman–Crippen MR) is 87.7 cm³/mol. The van der Waals surface area contributed by atoms with Crippen LogP contribution in [0.2, 0.25) is 0 Å². The van der Waals surface area contributed by atoms with E-state index in [0.29, 0.717) is 12.4 Å². The first-order valence-corrected chi connectivity index (χ1v) is 9.38. The number of likely N-dealkylation sites (N-methyl/N-ethyl adjacent to an activating group) is 1. The number of benzene rings is 1. The third-order valence-corrected chi connectivity index (χ3v) is 5.67. The molecule has 1 aliphatic heterocycles. The molecule has 0 saturated carbocycles. The lowest BCUT2D eigenvalue weighted by molar-refractivity contribution is 0.190. The smallest absolute Gasteiger partial charge is 0.244 e. The zero-order valence-corrected chi connectivity index (χ0v) is 14.8. The largest absolute Gasteiger partial charge is 0.338 e. The molecule has 1 saturated heterocycles. The second-order valence-electron chi connectivity index (χ2n) is 5.96. The molecule has 2 unspecified atom stereocenters. The summed E-state index contributed by atoms with van der Waals surface area (Å²) < 4.78 is 46.0. The van der Waals surface area contributed by atoms with Crippen LogP contribution in [0.3, 0.4) is 0 Å². The maximum atomic E-state index is 13.7. The summed E-state index contributed by atoms with van der Waals surface area (Å²) in [6.45, 7) is 3.99. The van der Waals surface area contributed by atoms with Gasteiger partial charge in [0.2, 0.25) is 15.9 Å². The molecule has 0 spiro atoms. The molecular weight excluding hydrogens is 349 g/mol. The summed E-state index contributed by atoms with van der Waals surface area (Å²) >= 11 is 0. The van der Waals surface area contributed by atoms with E-state index in [4.69, 9.17) is 4.52 Å². The minimum absolute atomic E-state index is 0.0402. The fraction of sp³-hybridized carbons (Fsp3) is 0.467. The van der Waals surface area contributed by atoms with Crippen molar-refractivity contribution in [3.8, 4) is 0 Å². The lowest BCUT2D eigenvalue weighted by Crippen LogP contribution is -2.44. The first-order chi connectivity index (χ1) is 11.9. The third-order valence-electron chi connectivity index (χ3n) is 4.10. The molecular formula is C15H20FN5O3S. The van der Waals surface area contributed by atoms with Crippen LogP contribution in [0, 0.1) is 5.82 Å². The Kier molecular flexibility index (Phi) is 5.13. The predicted octanol–water partition coefficient (Wildman–Crippen LogP) is 0.824. The van der Waals surface area contributed by atoms with Crippen LogP contribution >= 0.6 is 0 Å². The van der Waals surface area contributed by atoms with Crippen LogP contribution in [0.1, 0.15) is 30.7 Å². The monoisotopic (exact) mass is 369 g/mol. The maximum Gasteiger partial charge on any atom is 0.244 e. The summed E-state index contributed by atoms with van der Waals surface area (Å²) in [5.74, 6) is -0.196. The Balaban J connectivity index is 1.76. The Morgan fingerprint density at radius 2 is 2.20 bits per heavy atom. The van der Waals surface area contributed by atoms with Gasteiger partial charge in [-0.3, -0.25) is 4.90 Å². The second kappa shape index (κ2) is 7.16. The molecule has 0 aliphatic carbocycles. The first kappa shape index (κ1) is 17.9. The van der Waals surface area contributed by atoms with E-state index < -0.39 is 26.8 Å². The van der Waals surface area contributed by atoms with Crippen LogP contribution in [0.5, 0.6) is 0 Å². The first-order valence-electron chi connectivity index (χ1n) is 7.90. The molecule has 2 atom stereocenters. The molecule has 2 aromatic rings. The van der Waals surface area contributed by atoms with Gasteiger partial charge in [0.05, 0.1) is 12.1 Å². The van der Waals surface area contributed by atoms with Crippen molar-refractivity contribution in [2.24, 2.45) is 0 Å². The molecule has 0 bridgehead atoms. The minimum Gasteiger partial charge on any atom is -0.338 e. The molecule has 1 aromatic heterocycles. The summed E-state index contributed by atoms with van der Waals surface area (Å²) in [5, 5.41) is 7.21. The quantitative estimate of drug-likeness (QED) is 0.805. The van der Waals surface area contributed by atoms with Crippen LogP contribution in [-0.2, 0) is 10.0 Å². The van der Waals surface area contributed by atoms with Crippen LogP contribution < -0.4 is 10.0 Å². The second-order valence-corrected chi connectivity index (χ2v) is 7.65. The number of halogens is 1. The van der Waals surface area contributed by atoms with Crippen LogP contribution in [0.4, 0.5) is 4.39 Å². The lowest BCUT2D eigenvalue weighted by atomic mass is 10.2. The molecule has 1 aliphatic rings. The molecule has 0 radical (unpaired) electrons. The van der Waals surface area contributed by atoms with E-state index >= 15 is 0 Å². The maximum absolute atomic E-state index is 13.7. The van der Waals surface area contributed by atoms with Crippen molar-refractivity contribution in [3.05, 3.63) is 41.8 Å². The summed E-state index contributed by atoms with van der Waals surface area (Å²) in [6.07, 6.45) is 0. The Bertz CT molecular complexity index is 841. The number of hydrogen-bond acceptors (Lipinski definition) is 7. The van der Waals surface area contributed by atoms with Gasteiger partial charge in [-0.1, -0.05) is 17.3 Å². The number of piperazine rings is 1. The summed E-state index contributed by atoms with van der Waals surface area (Å²) in [6, 6.07) is 4.35. The van der Waals surface area contributed by atoms with Gasteiger partial charge in [-0.25, -0.2) is 12.8 Å². The lowest BCUT2D eigenvalue weighted by Gasteiger charge is -2.30. The van der Waals surface area contributed by atoms with Crippen molar-refractivity contribution in [1.82, 2.24) is 25.1 Å². The van der Waals surface area contributed by atoms with E-state index in [2.05, 4.69) is 25.1 Å². The minimum atomic E-state index is -4.04. The summed E-state index contributed by atoms with van der Waals surface area (Å²) in [5.41, 5.74) is 0. The van der Waals surface area contributed by atoms with E-state index in [-0.39, 0.29) is 11.9 Å². The van der Waals surface area contributed by atoms with E-state index in [9.17, 15) is 12.8 Å². The number of aromatic nitrogens is 2. The standard InChI is InChI=1S/C15H20FN5O3S/c1-10(20-25(22,23)13-6-4-3-5-11(13)16)15-18-14(19-24-15)12-9-17-7-8-21(12)2/h3-6,10,12,17,20H,7-9H2,1-2H3. The Labute approximate surface area is 145 Å². The summed E-state index contributed by atoms with van der Waals surface area (Å²) in [7, 11) is -2.08. The van der Waals surface area contributed by atoms with Crippen molar-refractivity contribution in [1.29, 1.82) is 0 Å². The Hall–Kier alpha value is -1.88. The zero-order chi connectivity index (χ0) is 18.0. The molecule has 2 heterocycles. The Morgan fingerprint density at radius 3 is 2.92 bits per heavy atom. The van der Waals surface area contributed by atoms with Gasteiger partial charge in [0.25, 0.3) is 0 Å². The highest BCUT2D eigenvalue weighted by Crippen LogP contribution is 2.21. The van der Waals surface area contributed by atoms with E-state index in [0.717, 1.165) is 19.2 Å². The third kappa shape index (κ3) is 3.87. The van der Waals surface area contributed by atoms with Gasteiger partial charge >= 0.3 is 0 Å². The zero-order valence-electron chi connectivity index (χ0n) is 13.9. The number of hydrogen-bond donors (Lipinski definition) is 2. The molecule has 136 valence electrons. The SMILES string of the molecule is CC(NS(=O)(=O)c1ccccc1F)c1nc(C2CNCCN2C)no1. The van der Waals surface area contributed by atoms with Crippen LogP contribution in [0.25, 0.3) is 0 Å². The average Bonchev–Trinajstić information content (AvgIpc) is 3.05. The molecule has 0 amide bonds. The van der Waals surface area contributed by atoms with Gasteiger partial charge in [0.1, 0.15) is 10.7 Å².